The number of non-ortho nitro benzene ring substituents is 1. The number of nitrogens with zero attached hydrogens (tertiary/aromatic N) is 5. The molecule has 1 aliphatic rings. The molecule has 2 aromatic heterocycles. The van der Waals surface area contributed by atoms with Crippen LogP contribution in [0.4, 0.5) is 5.69 Å². The van der Waals surface area contributed by atoms with Gasteiger partial charge in [-0.3, -0.25) is 24.3 Å². The van der Waals surface area contributed by atoms with E-state index < -0.39 is 11.0 Å². The van der Waals surface area contributed by atoms with Crippen molar-refractivity contribution in [2.75, 3.05) is 20.2 Å². The Hall–Kier alpha value is -4.77. The van der Waals surface area contributed by atoms with Crippen LogP contribution >= 0.6 is 11.3 Å². The van der Waals surface area contributed by atoms with Crippen LogP contribution in [0.3, 0.4) is 0 Å². The van der Waals surface area contributed by atoms with E-state index in [1.807, 2.05) is 61.0 Å². The van der Waals surface area contributed by atoms with Gasteiger partial charge in [0, 0.05) is 48.4 Å². The predicted molar refractivity (Wildman–Crippen MR) is 157 cm³/mol. The number of para-hydroxylation sites is 1. The number of fused-ring (bicyclic) bond motifs is 1. The third kappa shape index (κ3) is 5.00. The van der Waals surface area contributed by atoms with E-state index in [-0.39, 0.29) is 17.2 Å². The number of allylic oxidation sites excluding steroid dienone is 1. The third-order valence-electron chi connectivity index (χ3n) is 7.13. The van der Waals surface area contributed by atoms with Crippen molar-refractivity contribution in [2.24, 2.45) is 4.99 Å². The van der Waals surface area contributed by atoms with E-state index in [4.69, 9.17) is 9.73 Å². The number of likely N-dealkylation sites (N-methyl/N-ethyl adjacent to an activating group) is 1. The number of nitro groups is 1. The summed E-state index contributed by atoms with van der Waals surface area (Å²) in [6.45, 7) is 6.69. The van der Waals surface area contributed by atoms with E-state index in [1.165, 1.54) is 23.5 Å². The molecule has 210 valence electrons. The van der Waals surface area contributed by atoms with E-state index in [1.54, 1.807) is 41.7 Å². The molecule has 0 N–H and O–H groups in total. The number of carbonyl (C=O) groups is 1. The van der Waals surface area contributed by atoms with Gasteiger partial charge in [0.05, 0.1) is 27.8 Å². The van der Waals surface area contributed by atoms with E-state index in [0.29, 0.717) is 50.7 Å². The Balaban J connectivity index is 1.69. The van der Waals surface area contributed by atoms with Crippen molar-refractivity contribution < 1.29 is 14.5 Å². The van der Waals surface area contributed by atoms with Gasteiger partial charge in [-0.2, -0.15) is 0 Å². The summed E-state index contributed by atoms with van der Waals surface area (Å²) in [5, 5.41) is 11.1. The number of aromatic nitrogens is 2. The molecule has 11 heteroatoms. The van der Waals surface area contributed by atoms with Gasteiger partial charge < -0.3 is 14.2 Å². The Morgan fingerprint density at radius 2 is 1.83 bits per heavy atom. The molecule has 0 aliphatic carbocycles. The molecule has 5 rings (SSSR count). The molecule has 0 saturated carbocycles. The minimum atomic E-state index is -0.723. The van der Waals surface area contributed by atoms with Gasteiger partial charge in [0.1, 0.15) is 11.8 Å². The van der Waals surface area contributed by atoms with Crippen molar-refractivity contribution in [1.29, 1.82) is 0 Å². The fourth-order valence-corrected chi connectivity index (χ4v) is 6.11. The van der Waals surface area contributed by atoms with Crippen molar-refractivity contribution >= 4 is 29.0 Å². The maximum absolute atomic E-state index is 14.1. The Morgan fingerprint density at radius 3 is 2.49 bits per heavy atom. The molecule has 41 heavy (non-hydrogen) atoms. The van der Waals surface area contributed by atoms with E-state index in [9.17, 15) is 19.7 Å². The second kappa shape index (κ2) is 11.4. The second-order valence-corrected chi connectivity index (χ2v) is 10.4. The highest BCUT2D eigenvalue weighted by Crippen LogP contribution is 2.36. The summed E-state index contributed by atoms with van der Waals surface area (Å²) < 4.78 is 9.53. The normalized spacial score (nSPS) is 14.9. The number of hydrogen-bond donors (Lipinski definition) is 0. The van der Waals surface area contributed by atoms with Crippen molar-refractivity contribution in [2.45, 2.75) is 26.8 Å². The zero-order chi connectivity index (χ0) is 29.3. The van der Waals surface area contributed by atoms with Crippen molar-refractivity contribution in [3.8, 4) is 11.4 Å². The lowest BCUT2D eigenvalue weighted by Crippen LogP contribution is -2.43. The summed E-state index contributed by atoms with van der Waals surface area (Å²) in [4.78, 5) is 45.5. The van der Waals surface area contributed by atoms with E-state index >= 15 is 0 Å². The van der Waals surface area contributed by atoms with Crippen LogP contribution in [0, 0.1) is 10.1 Å². The molecule has 1 amide bonds. The van der Waals surface area contributed by atoms with Crippen LogP contribution in [0.1, 0.15) is 38.1 Å². The van der Waals surface area contributed by atoms with Crippen LogP contribution in [0.2, 0.25) is 0 Å². The van der Waals surface area contributed by atoms with Crippen LogP contribution in [0.5, 0.6) is 5.75 Å². The van der Waals surface area contributed by atoms with E-state index in [0.717, 1.165) is 5.69 Å². The highest BCUT2D eigenvalue weighted by molar-refractivity contribution is 7.07. The number of thiazole rings is 1. The number of carbonyl (C=O) groups excluding carboxylic acids is 1. The SMILES string of the molecule is CCN(CC)C(=O)C1=C(C)N=c2s/c(=C/c3cccn3-c3ccc([N+](=O)[O-])cc3)c(=O)n2[C@@H]1c1ccccc1OC. The minimum Gasteiger partial charge on any atom is -0.496 e. The molecule has 1 aliphatic heterocycles. The molecule has 0 saturated heterocycles. The van der Waals surface area contributed by atoms with Gasteiger partial charge in [-0.05, 0) is 57.2 Å². The van der Waals surface area contributed by atoms with Crippen molar-refractivity contribution in [3.63, 3.8) is 0 Å². The average Bonchev–Trinajstić information content (AvgIpc) is 3.56. The van der Waals surface area contributed by atoms with E-state index in [2.05, 4.69) is 0 Å². The van der Waals surface area contributed by atoms with Crippen LogP contribution < -0.4 is 19.6 Å². The lowest BCUT2D eigenvalue weighted by Gasteiger charge is -2.29. The molecule has 0 radical (unpaired) electrons. The number of amides is 1. The lowest BCUT2D eigenvalue weighted by molar-refractivity contribution is -0.384. The molecule has 0 unspecified atom stereocenters. The zero-order valence-corrected chi connectivity index (χ0v) is 23.9. The number of benzene rings is 2. The first-order chi connectivity index (χ1) is 19.8. The molecule has 1 atom stereocenters. The minimum absolute atomic E-state index is 0.00228. The highest BCUT2D eigenvalue weighted by atomic mass is 32.1. The summed E-state index contributed by atoms with van der Waals surface area (Å²) in [5.41, 5.74) is 2.84. The average molecular weight is 572 g/mol. The maximum atomic E-state index is 14.1. The van der Waals surface area contributed by atoms with Gasteiger partial charge in [-0.15, -0.1) is 0 Å². The Kier molecular flexibility index (Phi) is 7.71. The monoisotopic (exact) mass is 571 g/mol. The van der Waals surface area contributed by atoms with Gasteiger partial charge in [0.2, 0.25) is 0 Å². The Labute approximate surface area is 239 Å². The van der Waals surface area contributed by atoms with Gasteiger partial charge in [0.15, 0.2) is 4.80 Å². The zero-order valence-electron chi connectivity index (χ0n) is 23.1. The fourth-order valence-electron chi connectivity index (χ4n) is 5.08. The maximum Gasteiger partial charge on any atom is 0.271 e. The molecule has 3 heterocycles. The lowest BCUT2D eigenvalue weighted by atomic mass is 9.94. The van der Waals surface area contributed by atoms with Crippen LogP contribution in [-0.4, -0.2) is 45.1 Å². The first kappa shape index (κ1) is 27.8. The number of methoxy groups -OCH3 is 1. The van der Waals surface area contributed by atoms with Crippen LogP contribution in [0.25, 0.3) is 11.8 Å². The molecule has 4 aromatic rings. The topological polar surface area (TPSA) is 112 Å². The van der Waals surface area contributed by atoms with Crippen molar-refractivity contribution in [3.05, 3.63) is 119 Å². The standard InChI is InChI=1S/C30H29N5O5S/c1-5-32(6-2)29(37)26-19(3)31-30-34(27(26)23-11-7-8-12-24(23)40-4)28(36)25(41-30)18-22-10-9-17-33(22)20-13-15-21(16-14-20)35(38)39/h7-18,27H,5-6H2,1-4H3/b25-18+/t27-/m1/s1. The molecular formula is C30H29N5O5S. The quantitative estimate of drug-likeness (QED) is 0.236. The number of rotatable bonds is 8. The van der Waals surface area contributed by atoms with Crippen LogP contribution in [0.15, 0.2) is 87.9 Å². The highest BCUT2D eigenvalue weighted by Gasteiger charge is 2.35. The summed E-state index contributed by atoms with van der Waals surface area (Å²) in [7, 11) is 1.57. The second-order valence-electron chi connectivity index (χ2n) is 9.38. The first-order valence-corrected chi connectivity index (χ1v) is 14.0. The Morgan fingerprint density at radius 1 is 1.12 bits per heavy atom. The fraction of sp³-hybridized carbons (Fsp3) is 0.233. The molecule has 10 nitrogen and oxygen atoms in total. The summed E-state index contributed by atoms with van der Waals surface area (Å²) in [5.74, 6) is 0.396. The smallest absolute Gasteiger partial charge is 0.271 e. The van der Waals surface area contributed by atoms with Gasteiger partial charge in [-0.25, -0.2) is 4.99 Å². The number of hydrogen-bond acceptors (Lipinski definition) is 7. The molecule has 0 spiro atoms. The summed E-state index contributed by atoms with van der Waals surface area (Å²) in [6, 6.07) is 16.6. The van der Waals surface area contributed by atoms with Gasteiger partial charge in [0.25, 0.3) is 17.2 Å². The number of ether oxygens (including phenoxy) is 1. The van der Waals surface area contributed by atoms with Gasteiger partial charge >= 0.3 is 0 Å². The molecule has 2 aromatic carbocycles. The Bertz CT molecular complexity index is 1840. The summed E-state index contributed by atoms with van der Waals surface area (Å²) >= 11 is 1.25. The summed E-state index contributed by atoms with van der Waals surface area (Å²) in [6.07, 6.45) is 3.60. The molecule has 0 fully saturated rings. The van der Waals surface area contributed by atoms with Crippen molar-refractivity contribution in [1.82, 2.24) is 14.0 Å². The van der Waals surface area contributed by atoms with Gasteiger partial charge in [-0.1, -0.05) is 29.5 Å². The predicted octanol–water partition coefficient (Wildman–Crippen LogP) is 3.81. The third-order valence-corrected chi connectivity index (χ3v) is 8.12. The van der Waals surface area contributed by atoms with Crippen LogP contribution in [-0.2, 0) is 4.79 Å². The molecule has 0 bridgehead atoms. The first-order valence-electron chi connectivity index (χ1n) is 13.2. The number of nitro benzene ring substituents is 1. The molecular weight excluding hydrogens is 542 g/mol. The largest absolute Gasteiger partial charge is 0.496 e.